The normalized spacial score (nSPS) is 25.1. The molecule has 84 valence electrons. The number of carbonyl (C=O) groups excluding carboxylic acids is 2. The summed E-state index contributed by atoms with van der Waals surface area (Å²) in [6, 6.07) is -0.711. The van der Waals surface area contributed by atoms with Crippen molar-refractivity contribution in [2.45, 2.75) is 24.9 Å². The van der Waals surface area contributed by atoms with E-state index >= 15 is 0 Å². The van der Waals surface area contributed by atoms with Crippen LogP contribution in [0.2, 0.25) is 0 Å². The second-order valence-electron chi connectivity index (χ2n) is 4.27. The first kappa shape index (κ1) is 9.38. The van der Waals surface area contributed by atoms with Crippen molar-refractivity contribution in [2.75, 3.05) is 0 Å². The third kappa shape index (κ3) is 1.30. The second kappa shape index (κ2) is 3.07. The molecule has 3 amide bonds. The summed E-state index contributed by atoms with van der Waals surface area (Å²) in [5.74, 6) is -0.152. The average molecular weight is 220 g/mol. The van der Waals surface area contributed by atoms with Gasteiger partial charge in [-0.15, -0.1) is 0 Å². The molecule has 2 fully saturated rings. The summed E-state index contributed by atoms with van der Waals surface area (Å²) in [4.78, 5) is 25.0. The number of amides is 3. The summed E-state index contributed by atoms with van der Waals surface area (Å²) in [5, 5.41) is 6.69. The van der Waals surface area contributed by atoms with Gasteiger partial charge in [0.25, 0.3) is 5.91 Å². The Kier molecular flexibility index (Phi) is 1.80. The number of imide groups is 1. The molecule has 1 aliphatic carbocycles. The van der Waals surface area contributed by atoms with Crippen LogP contribution in [0.5, 0.6) is 0 Å². The van der Waals surface area contributed by atoms with Crippen LogP contribution in [0, 0.1) is 0 Å². The van der Waals surface area contributed by atoms with E-state index in [1.54, 1.807) is 24.1 Å². The molecule has 1 aliphatic heterocycles. The van der Waals surface area contributed by atoms with Crippen LogP contribution in [0.25, 0.3) is 0 Å². The lowest BCUT2D eigenvalue weighted by atomic mass is 10.1. The molecule has 1 N–H and O–H groups in total. The van der Waals surface area contributed by atoms with Crippen molar-refractivity contribution in [3.8, 4) is 0 Å². The van der Waals surface area contributed by atoms with Gasteiger partial charge in [0.05, 0.1) is 6.20 Å². The van der Waals surface area contributed by atoms with Crippen LogP contribution in [-0.2, 0) is 11.8 Å². The first-order chi connectivity index (χ1) is 7.66. The van der Waals surface area contributed by atoms with E-state index in [9.17, 15) is 9.59 Å². The largest absolute Gasteiger partial charge is 0.325 e. The van der Waals surface area contributed by atoms with Crippen molar-refractivity contribution >= 4 is 11.9 Å². The zero-order valence-corrected chi connectivity index (χ0v) is 8.88. The van der Waals surface area contributed by atoms with Gasteiger partial charge < -0.3 is 5.32 Å². The van der Waals surface area contributed by atoms with Crippen LogP contribution in [0.4, 0.5) is 4.79 Å². The Morgan fingerprint density at radius 1 is 1.44 bits per heavy atom. The predicted octanol–water partition coefficient (Wildman–Crippen LogP) is 0.175. The molecule has 2 aliphatic rings. The Labute approximate surface area is 92.2 Å². The molecule has 3 rings (SSSR count). The quantitative estimate of drug-likeness (QED) is 0.723. The average Bonchev–Trinajstić information content (AvgIpc) is 2.90. The Bertz CT molecular complexity index is 463. The maximum absolute atomic E-state index is 12.0. The zero-order valence-electron chi connectivity index (χ0n) is 8.88. The maximum atomic E-state index is 12.0. The molecule has 1 saturated carbocycles. The number of carbonyl (C=O) groups is 2. The van der Waals surface area contributed by atoms with Crippen LogP contribution in [0.15, 0.2) is 12.4 Å². The van der Waals surface area contributed by atoms with Crippen LogP contribution in [0.3, 0.4) is 0 Å². The van der Waals surface area contributed by atoms with Crippen molar-refractivity contribution < 1.29 is 9.59 Å². The summed E-state index contributed by atoms with van der Waals surface area (Å²) < 4.78 is 1.62. The number of aryl methyl sites for hydroxylation is 1. The van der Waals surface area contributed by atoms with Crippen molar-refractivity contribution in [3.63, 3.8) is 0 Å². The Balaban J connectivity index is 1.88. The van der Waals surface area contributed by atoms with E-state index in [0.29, 0.717) is 0 Å². The molecule has 1 aromatic rings. The lowest BCUT2D eigenvalue weighted by Gasteiger charge is -2.10. The van der Waals surface area contributed by atoms with Crippen molar-refractivity contribution in [3.05, 3.63) is 18.0 Å². The molecular formula is C10H12N4O2. The van der Waals surface area contributed by atoms with E-state index in [1.165, 1.54) is 4.90 Å². The third-order valence-electron chi connectivity index (χ3n) is 2.94. The van der Waals surface area contributed by atoms with Gasteiger partial charge in [-0.3, -0.25) is 14.4 Å². The summed E-state index contributed by atoms with van der Waals surface area (Å²) in [6.45, 7) is 0. The second-order valence-corrected chi connectivity index (χ2v) is 4.27. The molecule has 1 aromatic heterocycles. The van der Waals surface area contributed by atoms with Crippen LogP contribution < -0.4 is 5.32 Å². The van der Waals surface area contributed by atoms with Crippen molar-refractivity contribution in [1.29, 1.82) is 0 Å². The molecule has 6 heteroatoms. The summed E-state index contributed by atoms with van der Waals surface area (Å²) in [5.41, 5.74) is 0.740. The zero-order chi connectivity index (χ0) is 11.3. The van der Waals surface area contributed by atoms with Crippen LogP contribution >= 0.6 is 0 Å². The molecular weight excluding hydrogens is 208 g/mol. The lowest BCUT2D eigenvalue weighted by Crippen LogP contribution is -2.32. The molecule has 0 aromatic carbocycles. The number of urea groups is 1. The molecule has 0 bridgehead atoms. The minimum atomic E-state index is -0.554. The van der Waals surface area contributed by atoms with Gasteiger partial charge in [-0.2, -0.15) is 5.10 Å². The third-order valence-corrected chi connectivity index (χ3v) is 2.94. The summed E-state index contributed by atoms with van der Waals surface area (Å²) in [6.07, 6.45) is 5.22. The van der Waals surface area contributed by atoms with Gasteiger partial charge in [0.2, 0.25) is 0 Å². The van der Waals surface area contributed by atoms with Gasteiger partial charge >= 0.3 is 6.03 Å². The number of nitrogens with zero attached hydrogens (tertiary/aromatic N) is 3. The monoisotopic (exact) mass is 220 g/mol. The first-order valence-corrected chi connectivity index (χ1v) is 5.29. The first-order valence-electron chi connectivity index (χ1n) is 5.29. The summed E-state index contributed by atoms with van der Waals surface area (Å²) >= 11 is 0. The fourth-order valence-electron chi connectivity index (χ4n) is 1.99. The Hall–Kier alpha value is -1.85. The predicted molar refractivity (Wildman–Crippen MR) is 54.3 cm³/mol. The van der Waals surface area contributed by atoms with E-state index in [2.05, 4.69) is 10.4 Å². The SMILES string of the molecule is Cn1cc(C2NC(=O)N(C3CC3)C2=O)cn1. The van der Waals surface area contributed by atoms with E-state index in [0.717, 1.165) is 18.4 Å². The van der Waals surface area contributed by atoms with E-state index in [1.807, 2.05) is 0 Å². The fraction of sp³-hybridized carbons (Fsp3) is 0.500. The minimum absolute atomic E-state index is 0.120. The molecule has 2 heterocycles. The molecule has 16 heavy (non-hydrogen) atoms. The lowest BCUT2D eigenvalue weighted by molar-refractivity contribution is -0.127. The van der Waals surface area contributed by atoms with Gasteiger partial charge in [0.1, 0.15) is 6.04 Å². The Morgan fingerprint density at radius 2 is 2.19 bits per heavy atom. The highest BCUT2D eigenvalue weighted by atomic mass is 16.2. The van der Waals surface area contributed by atoms with Crippen LogP contribution in [0.1, 0.15) is 24.4 Å². The van der Waals surface area contributed by atoms with Crippen molar-refractivity contribution in [1.82, 2.24) is 20.0 Å². The number of aromatic nitrogens is 2. The van der Waals surface area contributed by atoms with Gasteiger partial charge in [-0.25, -0.2) is 4.79 Å². The van der Waals surface area contributed by atoms with Gasteiger partial charge in [0, 0.05) is 24.8 Å². The van der Waals surface area contributed by atoms with Gasteiger partial charge in [-0.1, -0.05) is 0 Å². The highest BCUT2D eigenvalue weighted by Crippen LogP contribution is 2.33. The van der Waals surface area contributed by atoms with E-state index < -0.39 is 6.04 Å². The van der Waals surface area contributed by atoms with Gasteiger partial charge in [-0.05, 0) is 12.8 Å². The molecule has 1 saturated heterocycles. The van der Waals surface area contributed by atoms with E-state index in [4.69, 9.17) is 0 Å². The highest BCUT2D eigenvalue weighted by molar-refractivity contribution is 6.05. The Morgan fingerprint density at radius 3 is 2.75 bits per heavy atom. The topological polar surface area (TPSA) is 67.2 Å². The highest BCUT2D eigenvalue weighted by Gasteiger charge is 2.46. The number of nitrogens with one attached hydrogen (secondary N) is 1. The number of hydrogen-bond donors (Lipinski definition) is 1. The molecule has 0 radical (unpaired) electrons. The van der Waals surface area contributed by atoms with Gasteiger partial charge in [0.15, 0.2) is 0 Å². The summed E-state index contributed by atoms with van der Waals surface area (Å²) in [7, 11) is 1.78. The standard InChI is InChI=1S/C10H12N4O2/c1-13-5-6(4-11-13)8-9(15)14(7-2-3-7)10(16)12-8/h4-5,7-8H,2-3H2,1H3,(H,12,16). The molecule has 0 spiro atoms. The molecule has 1 atom stereocenters. The number of hydrogen-bond acceptors (Lipinski definition) is 3. The molecule has 1 unspecified atom stereocenters. The molecule has 6 nitrogen and oxygen atoms in total. The number of rotatable bonds is 2. The maximum Gasteiger partial charge on any atom is 0.325 e. The van der Waals surface area contributed by atoms with E-state index in [-0.39, 0.29) is 18.0 Å². The minimum Gasteiger partial charge on any atom is -0.322 e. The van der Waals surface area contributed by atoms with Crippen LogP contribution in [-0.4, -0.2) is 32.7 Å². The fourth-order valence-corrected chi connectivity index (χ4v) is 1.99. The smallest absolute Gasteiger partial charge is 0.322 e. The van der Waals surface area contributed by atoms with Crippen molar-refractivity contribution in [2.24, 2.45) is 7.05 Å².